The molecule has 0 amide bonds. The highest BCUT2D eigenvalue weighted by Gasteiger charge is 2.06. The van der Waals surface area contributed by atoms with Gasteiger partial charge in [-0.1, -0.05) is 29.8 Å². The van der Waals surface area contributed by atoms with Gasteiger partial charge < -0.3 is 5.32 Å². The first kappa shape index (κ1) is 13.6. The van der Waals surface area contributed by atoms with E-state index in [4.69, 9.17) is 11.6 Å². The third-order valence-electron chi connectivity index (χ3n) is 3.29. The van der Waals surface area contributed by atoms with E-state index >= 15 is 0 Å². The zero-order chi connectivity index (χ0) is 14.8. The Morgan fingerprint density at radius 2 is 2.05 bits per heavy atom. The van der Waals surface area contributed by atoms with Gasteiger partial charge in [0.05, 0.1) is 17.4 Å². The van der Waals surface area contributed by atoms with Crippen molar-refractivity contribution in [1.29, 1.82) is 0 Å². The van der Waals surface area contributed by atoms with Crippen LogP contribution < -0.4 is 5.32 Å². The van der Waals surface area contributed by atoms with Crippen LogP contribution >= 0.6 is 11.6 Å². The zero-order valence-corrected chi connectivity index (χ0v) is 12.6. The van der Waals surface area contributed by atoms with Gasteiger partial charge in [-0.05, 0) is 31.2 Å². The van der Waals surface area contributed by atoms with E-state index in [1.807, 2.05) is 62.6 Å². The van der Waals surface area contributed by atoms with Crippen LogP contribution in [0.5, 0.6) is 0 Å². The average Bonchev–Trinajstić information content (AvgIpc) is 2.89. The Kier molecular flexibility index (Phi) is 3.62. The molecule has 0 unspecified atom stereocenters. The maximum Gasteiger partial charge on any atom is 0.0945 e. The number of anilines is 1. The monoisotopic (exact) mass is 298 g/mol. The van der Waals surface area contributed by atoms with Crippen molar-refractivity contribution >= 4 is 33.9 Å². The van der Waals surface area contributed by atoms with Gasteiger partial charge in [-0.3, -0.25) is 0 Å². The van der Waals surface area contributed by atoms with Crippen molar-refractivity contribution in [2.75, 3.05) is 12.4 Å². The first-order chi connectivity index (χ1) is 10.2. The maximum atomic E-state index is 6.08. The normalized spacial score (nSPS) is 11.9. The number of benzene rings is 2. The van der Waals surface area contributed by atoms with Crippen molar-refractivity contribution in [2.45, 2.75) is 6.92 Å². The predicted molar refractivity (Wildman–Crippen MR) is 88.3 cm³/mol. The lowest BCUT2D eigenvalue weighted by Gasteiger charge is -2.09. The molecule has 21 heavy (non-hydrogen) atoms. The van der Waals surface area contributed by atoms with E-state index in [0.717, 1.165) is 27.9 Å². The van der Waals surface area contributed by atoms with Gasteiger partial charge in [-0.25, -0.2) is 0 Å². The van der Waals surface area contributed by atoms with Crippen LogP contribution in [0.25, 0.3) is 10.9 Å². The fourth-order valence-electron chi connectivity index (χ4n) is 2.24. The van der Waals surface area contributed by atoms with Gasteiger partial charge >= 0.3 is 0 Å². The minimum absolute atomic E-state index is 0.684. The van der Waals surface area contributed by atoms with Gasteiger partial charge in [-0.2, -0.15) is 15.0 Å². The van der Waals surface area contributed by atoms with Gasteiger partial charge in [0.1, 0.15) is 0 Å². The minimum atomic E-state index is 0.684. The van der Waals surface area contributed by atoms with E-state index in [0.29, 0.717) is 5.02 Å². The summed E-state index contributed by atoms with van der Waals surface area (Å²) in [4.78, 5) is 1.60. The molecular weight excluding hydrogens is 284 g/mol. The molecule has 1 aromatic heterocycles. The number of aromatic nitrogens is 2. The molecule has 0 aliphatic carbocycles. The van der Waals surface area contributed by atoms with E-state index < -0.39 is 0 Å². The van der Waals surface area contributed by atoms with Crippen LogP contribution in [0.15, 0.2) is 53.8 Å². The molecule has 0 bridgehead atoms. The molecule has 0 aliphatic rings. The largest absolute Gasteiger partial charge is 0.388 e. The first-order valence-corrected chi connectivity index (χ1v) is 7.03. The van der Waals surface area contributed by atoms with Crippen molar-refractivity contribution in [1.82, 2.24) is 9.89 Å². The number of hydrogen-bond donors (Lipinski definition) is 1. The lowest BCUT2D eigenvalue weighted by Crippen LogP contribution is -2.04. The molecule has 0 spiro atoms. The highest BCUT2D eigenvalue weighted by Crippen LogP contribution is 2.21. The van der Waals surface area contributed by atoms with E-state index in [1.165, 1.54) is 0 Å². The molecule has 106 valence electrons. The molecule has 3 rings (SSSR count). The summed E-state index contributed by atoms with van der Waals surface area (Å²) in [6.45, 7) is 1.94. The summed E-state index contributed by atoms with van der Waals surface area (Å²) < 4.78 is 0. The third-order valence-corrected chi connectivity index (χ3v) is 3.53. The van der Waals surface area contributed by atoms with Crippen molar-refractivity contribution in [2.24, 2.45) is 5.10 Å². The number of nitrogens with zero attached hydrogens (tertiary/aromatic N) is 3. The molecule has 1 N–H and O–H groups in total. The summed E-state index contributed by atoms with van der Waals surface area (Å²) >= 11 is 6.08. The fourth-order valence-corrected chi connectivity index (χ4v) is 2.42. The highest BCUT2D eigenvalue weighted by molar-refractivity contribution is 6.31. The Labute approximate surface area is 128 Å². The number of fused-ring (bicyclic) bond motifs is 1. The van der Waals surface area contributed by atoms with Gasteiger partial charge in [0.25, 0.3) is 0 Å². The topological polar surface area (TPSA) is 42.2 Å². The molecular formula is C16H15ClN4. The van der Waals surface area contributed by atoms with Crippen molar-refractivity contribution in [3.63, 3.8) is 0 Å². The molecule has 4 nitrogen and oxygen atoms in total. The summed E-state index contributed by atoms with van der Waals surface area (Å²) in [5.41, 5.74) is 3.71. The Morgan fingerprint density at radius 3 is 2.81 bits per heavy atom. The Bertz CT molecular complexity index is 787. The van der Waals surface area contributed by atoms with Crippen molar-refractivity contribution < 1.29 is 0 Å². The second kappa shape index (κ2) is 5.58. The van der Waals surface area contributed by atoms with Crippen LogP contribution in [0.2, 0.25) is 5.02 Å². The molecule has 0 atom stereocenters. The van der Waals surface area contributed by atoms with Crippen LogP contribution in [0.1, 0.15) is 12.5 Å². The molecule has 0 radical (unpaired) electrons. The lowest BCUT2D eigenvalue weighted by atomic mass is 10.1. The average molecular weight is 299 g/mol. The molecule has 0 saturated heterocycles. The lowest BCUT2D eigenvalue weighted by molar-refractivity contribution is 0.751. The van der Waals surface area contributed by atoms with Crippen LogP contribution in [0.3, 0.4) is 0 Å². The van der Waals surface area contributed by atoms with Gasteiger partial charge in [0, 0.05) is 28.7 Å². The van der Waals surface area contributed by atoms with Gasteiger partial charge in [0.15, 0.2) is 0 Å². The molecule has 1 heterocycles. The van der Waals surface area contributed by atoms with E-state index in [1.54, 1.807) is 4.79 Å². The minimum Gasteiger partial charge on any atom is -0.388 e. The van der Waals surface area contributed by atoms with Crippen LogP contribution in [0, 0.1) is 0 Å². The highest BCUT2D eigenvalue weighted by atomic mass is 35.5. The number of halogens is 1. The summed E-state index contributed by atoms with van der Waals surface area (Å²) in [6, 6.07) is 13.6. The number of nitrogens with one attached hydrogen (secondary N) is 1. The van der Waals surface area contributed by atoms with E-state index in [9.17, 15) is 0 Å². The molecule has 0 saturated carbocycles. The van der Waals surface area contributed by atoms with Gasteiger partial charge in [0.2, 0.25) is 0 Å². The van der Waals surface area contributed by atoms with Gasteiger partial charge in [-0.15, -0.1) is 0 Å². The standard InChI is InChI=1S/C16H15ClN4/c1-11(14-9-13(17)7-8-16(14)18-2)19-21-10-12-5-3-4-6-15(12)20-21/h3-10,18H,1-2H3/b19-11-. The molecule has 3 aromatic rings. The Hall–Kier alpha value is -2.33. The van der Waals surface area contributed by atoms with E-state index in [-0.39, 0.29) is 0 Å². The predicted octanol–water partition coefficient (Wildman–Crippen LogP) is 4.00. The quantitative estimate of drug-likeness (QED) is 0.743. The van der Waals surface area contributed by atoms with E-state index in [2.05, 4.69) is 15.5 Å². The number of hydrogen-bond acceptors (Lipinski definition) is 3. The molecule has 0 aliphatic heterocycles. The second-order valence-electron chi connectivity index (χ2n) is 4.73. The summed E-state index contributed by atoms with van der Waals surface area (Å²) in [7, 11) is 1.88. The second-order valence-corrected chi connectivity index (χ2v) is 5.17. The fraction of sp³-hybridized carbons (Fsp3) is 0.125. The molecule has 2 aromatic carbocycles. The summed E-state index contributed by atoms with van der Waals surface area (Å²) in [5, 5.41) is 13.9. The Morgan fingerprint density at radius 1 is 1.24 bits per heavy atom. The Balaban J connectivity index is 2.04. The van der Waals surface area contributed by atoms with Crippen LogP contribution in [-0.4, -0.2) is 22.6 Å². The summed E-state index contributed by atoms with van der Waals surface area (Å²) in [6.07, 6.45) is 1.91. The SMILES string of the molecule is CNc1ccc(Cl)cc1/C(C)=N\n1cc2ccccc2n1. The zero-order valence-electron chi connectivity index (χ0n) is 11.8. The summed E-state index contributed by atoms with van der Waals surface area (Å²) in [5.74, 6) is 0. The van der Waals surface area contributed by atoms with Crippen LogP contribution in [0.4, 0.5) is 5.69 Å². The maximum absolute atomic E-state index is 6.08. The number of rotatable bonds is 3. The van der Waals surface area contributed by atoms with Crippen LogP contribution in [-0.2, 0) is 0 Å². The van der Waals surface area contributed by atoms with Crippen molar-refractivity contribution in [3.8, 4) is 0 Å². The van der Waals surface area contributed by atoms with Crippen molar-refractivity contribution in [3.05, 3.63) is 59.2 Å². The third kappa shape index (κ3) is 2.76. The molecule has 5 heteroatoms. The first-order valence-electron chi connectivity index (χ1n) is 6.65. The molecule has 0 fully saturated rings. The smallest absolute Gasteiger partial charge is 0.0945 e.